The van der Waals surface area contributed by atoms with Gasteiger partial charge in [0.2, 0.25) is 5.95 Å². The van der Waals surface area contributed by atoms with Crippen LogP contribution in [0.2, 0.25) is 0 Å². The summed E-state index contributed by atoms with van der Waals surface area (Å²) in [7, 11) is 0. The second-order valence-corrected chi connectivity index (χ2v) is 6.51. The zero-order valence-corrected chi connectivity index (χ0v) is 14.5. The molecule has 0 spiro atoms. The van der Waals surface area contributed by atoms with Gasteiger partial charge in [-0.05, 0) is 32.3 Å². The van der Waals surface area contributed by atoms with Crippen molar-refractivity contribution < 1.29 is 4.79 Å². The minimum Gasteiger partial charge on any atom is -0.354 e. The quantitative estimate of drug-likeness (QED) is 0.592. The Morgan fingerprint density at radius 3 is 2.61 bits per heavy atom. The molecule has 0 saturated heterocycles. The molecule has 1 fully saturated rings. The van der Waals surface area contributed by atoms with Crippen LogP contribution in [0.5, 0.6) is 0 Å². The van der Waals surface area contributed by atoms with Gasteiger partial charge in [-0.3, -0.25) is 4.79 Å². The van der Waals surface area contributed by atoms with Gasteiger partial charge in [-0.2, -0.15) is 0 Å². The molecule has 1 aromatic heterocycles. The third-order valence-corrected chi connectivity index (χ3v) is 4.34. The predicted octanol–water partition coefficient (Wildman–Crippen LogP) is 3.84. The van der Waals surface area contributed by atoms with E-state index in [-0.39, 0.29) is 5.91 Å². The van der Waals surface area contributed by atoms with Gasteiger partial charge in [0.05, 0.1) is 0 Å². The molecule has 1 aromatic rings. The van der Waals surface area contributed by atoms with Crippen molar-refractivity contribution in [1.29, 1.82) is 0 Å². The molecular formula is C18H30N4O. The van der Waals surface area contributed by atoms with E-state index >= 15 is 0 Å². The maximum Gasteiger partial charge on any atom is 0.270 e. The number of nitrogens with one attached hydrogen (secondary N) is 2. The van der Waals surface area contributed by atoms with Crippen LogP contribution in [-0.4, -0.2) is 28.5 Å². The average Bonchev–Trinajstić information content (AvgIpc) is 2.80. The number of hydrogen-bond acceptors (Lipinski definition) is 4. The molecule has 2 rings (SSSR count). The van der Waals surface area contributed by atoms with Crippen LogP contribution in [0.1, 0.15) is 80.9 Å². The first kappa shape index (κ1) is 17.7. The number of amides is 1. The minimum absolute atomic E-state index is 0.0704. The first-order valence-corrected chi connectivity index (χ1v) is 9.09. The molecule has 0 aliphatic heterocycles. The van der Waals surface area contributed by atoms with E-state index in [1.807, 2.05) is 6.92 Å². The topological polar surface area (TPSA) is 66.9 Å². The van der Waals surface area contributed by atoms with Gasteiger partial charge in [-0.15, -0.1) is 0 Å². The van der Waals surface area contributed by atoms with Crippen molar-refractivity contribution in [2.75, 3.05) is 11.9 Å². The molecule has 128 valence electrons. The maximum atomic E-state index is 12.5. The molecule has 1 heterocycles. The Hall–Kier alpha value is -1.65. The van der Waals surface area contributed by atoms with Gasteiger partial charge in [0.15, 0.2) is 0 Å². The number of aromatic nitrogens is 2. The number of aryl methyl sites for hydroxylation is 1. The summed E-state index contributed by atoms with van der Waals surface area (Å²) < 4.78 is 0. The standard InChI is InChI=1S/C18H30N4O/c1-3-4-9-12-19-18-20-14(2)13-16(22-18)17(23)21-15-10-7-5-6-8-11-15/h13,15H,3-12H2,1-2H3,(H,21,23)(H,19,20,22). The second kappa shape index (κ2) is 9.48. The maximum absolute atomic E-state index is 12.5. The lowest BCUT2D eigenvalue weighted by molar-refractivity contribution is 0.0928. The number of hydrogen-bond donors (Lipinski definition) is 2. The van der Waals surface area contributed by atoms with E-state index in [0.29, 0.717) is 17.7 Å². The van der Waals surface area contributed by atoms with Crippen molar-refractivity contribution in [3.8, 4) is 0 Å². The predicted molar refractivity (Wildman–Crippen MR) is 93.7 cm³/mol. The number of unbranched alkanes of at least 4 members (excludes halogenated alkanes) is 2. The lowest BCUT2D eigenvalue weighted by Gasteiger charge is -2.16. The van der Waals surface area contributed by atoms with E-state index < -0.39 is 0 Å². The largest absolute Gasteiger partial charge is 0.354 e. The fourth-order valence-corrected chi connectivity index (χ4v) is 3.02. The van der Waals surface area contributed by atoms with Gasteiger partial charge in [-0.1, -0.05) is 45.4 Å². The summed E-state index contributed by atoms with van der Waals surface area (Å²) in [5.41, 5.74) is 1.30. The smallest absolute Gasteiger partial charge is 0.270 e. The lowest BCUT2D eigenvalue weighted by Crippen LogP contribution is -2.35. The number of carbonyl (C=O) groups excluding carboxylic acids is 1. The van der Waals surface area contributed by atoms with Crippen molar-refractivity contribution in [2.24, 2.45) is 0 Å². The number of nitrogens with zero attached hydrogens (tertiary/aromatic N) is 2. The third-order valence-electron chi connectivity index (χ3n) is 4.34. The minimum atomic E-state index is -0.0704. The highest BCUT2D eigenvalue weighted by molar-refractivity contribution is 5.92. The van der Waals surface area contributed by atoms with Crippen molar-refractivity contribution >= 4 is 11.9 Å². The van der Waals surface area contributed by atoms with Gasteiger partial charge in [0, 0.05) is 18.3 Å². The molecular weight excluding hydrogens is 288 g/mol. The summed E-state index contributed by atoms with van der Waals surface area (Å²) in [6.45, 7) is 4.93. The highest BCUT2D eigenvalue weighted by Gasteiger charge is 2.17. The Kier molecular flexibility index (Phi) is 7.30. The Morgan fingerprint density at radius 1 is 1.17 bits per heavy atom. The molecule has 1 aliphatic rings. The summed E-state index contributed by atoms with van der Waals surface area (Å²) in [6.07, 6.45) is 10.6. The van der Waals surface area contributed by atoms with Crippen molar-refractivity contribution in [3.05, 3.63) is 17.5 Å². The number of rotatable bonds is 7. The van der Waals surface area contributed by atoms with E-state index in [1.165, 1.54) is 38.5 Å². The van der Waals surface area contributed by atoms with E-state index in [4.69, 9.17) is 0 Å². The normalized spacial score (nSPS) is 15.9. The Balaban J connectivity index is 1.94. The van der Waals surface area contributed by atoms with Crippen molar-refractivity contribution in [1.82, 2.24) is 15.3 Å². The first-order valence-electron chi connectivity index (χ1n) is 9.09. The monoisotopic (exact) mass is 318 g/mol. The van der Waals surface area contributed by atoms with Crippen LogP contribution in [-0.2, 0) is 0 Å². The molecule has 1 amide bonds. The Morgan fingerprint density at radius 2 is 1.91 bits per heavy atom. The fourth-order valence-electron chi connectivity index (χ4n) is 3.02. The zero-order chi connectivity index (χ0) is 16.5. The molecule has 0 aromatic carbocycles. The molecule has 0 radical (unpaired) electrons. The molecule has 0 atom stereocenters. The molecule has 23 heavy (non-hydrogen) atoms. The summed E-state index contributed by atoms with van der Waals surface area (Å²) in [5, 5.41) is 6.38. The van der Waals surface area contributed by atoms with E-state index in [0.717, 1.165) is 31.5 Å². The highest BCUT2D eigenvalue weighted by atomic mass is 16.1. The van der Waals surface area contributed by atoms with Crippen LogP contribution in [0.3, 0.4) is 0 Å². The molecule has 0 bridgehead atoms. The molecule has 1 saturated carbocycles. The summed E-state index contributed by atoms with van der Waals surface area (Å²) in [6, 6.07) is 2.06. The lowest BCUT2D eigenvalue weighted by atomic mass is 10.1. The SMILES string of the molecule is CCCCCNc1nc(C)cc(C(=O)NC2CCCCCC2)n1. The van der Waals surface area contributed by atoms with Gasteiger partial charge in [-0.25, -0.2) is 9.97 Å². The van der Waals surface area contributed by atoms with Crippen LogP contribution in [0.25, 0.3) is 0 Å². The first-order chi connectivity index (χ1) is 11.2. The summed E-state index contributed by atoms with van der Waals surface area (Å²) >= 11 is 0. The number of carbonyl (C=O) groups is 1. The van der Waals surface area contributed by atoms with Crippen LogP contribution in [0.4, 0.5) is 5.95 Å². The third kappa shape index (κ3) is 6.16. The van der Waals surface area contributed by atoms with Gasteiger partial charge < -0.3 is 10.6 Å². The zero-order valence-electron chi connectivity index (χ0n) is 14.5. The van der Waals surface area contributed by atoms with Crippen LogP contribution < -0.4 is 10.6 Å². The summed E-state index contributed by atoms with van der Waals surface area (Å²) in [4.78, 5) is 21.2. The molecule has 5 nitrogen and oxygen atoms in total. The molecule has 1 aliphatic carbocycles. The van der Waals surface area contributed by atoms with Crippen molar-refractivity contribution in [3.63, 3.8) is 0 Å². The van der Waals surface area contributed by atoms with Crippen LogP contribution in [0, 0.1) is 6.92 Å². The molecule has 2 N–H and O–H groups in total. The van der Waals surface area contributed by atoms with Gasteiger partial charge >= 0.3 is 0 Å². The van der Waals surface area contributed by atoms with Crippen molar-refractivity contribution in [2.45, 2.75) is 77.7 Å². The van der Waals surface area contributed by atoms with Gasteiger partial charge in [0.25, 0.3) is 5.91 Å². The van der Waals surface area contributed by atoms with E-state index in [2.05, 4.69) is 27.5 Å². The Labute approximate surface area is 139 Å². The summed E-state index contributed by atoms with van der Waals surface area (Å²) in [5.74, 6) is 0.492. The van der Waals surface area contributed by atoms with Gasteiger partial charge in [0.1, 0.15) is 5.69 Å². The highest BCUT2D eigenvalue weighted by Crippen LogP contribution is 2.17. The van der Waals surface area contributed by atoms with Crippen LogP contribution >= 0.6 is 0 Å². The fraction of sp³-hybridized carbons (Fsp3) is 0.722. The van der Waals surface area contributed by atoms with E-state index in [9.17, 15) is 4.79 Å². The average molecular weight is 318 g/mol. The van der Waals surface area contributed by atoms with E-state index in [1.54, 1.807) is 6.07 Å². The molecule has 5 heteroatoms. The molecule has 0 unspecified atom stereocenters. The van der Waals surface area contributed by atoms with Crippen LogP contribution in [0.15, 0.2) is 6.07 Å². The Bertz CT molecular complexity index is 496. The number of anilines is 1. The second-order valence-electron chi connectivity index (χ2n) is 6.51.